The van der Waals surface area contributed by atoms with Crippen molar-refractivity contribution in [3.63, 3.8) is 0 Å². The lowest BCUT2D eigenvalue weighted by molar-refractivity contribution is -0.161. The molecule has 0 aliphatic heterocycles. The van der Waals surface area contributed by atoms with Gasteiger partial charge in [-0.1, -0.05) is 356 Å². The maximum atomic E-state index is 13.1. The number of rotatable bonds is 77. The molecule has 0 aliphatic carbocycles. The number of aliphatic hydroxyl groups is 1. The summed E-state index contributed by atoms with van der Waals surface area (Å²) in [5.41, 5.74) is 0. The minimum Gasteiger partial charge on any atom is -0.462 e. The number of phosphoric acid groups is 2. The van der Waals surface area contributed by atoms with Crippen LogP contribution in [0.3, 0.4) is 0 Å². The zero-order valence-electron chi connectivity index (χ0n) is 62.5. The number of carbonyl (C=O) groups excluding carboxylic acids is 4. The maximum absolute atomic E-state index is 13.1. The van der Waals surface area contributed by atoms with Crippen LogP contribution in [0, 0.1) is 5.92 Å². The number of phosphoric ester groups is 2. The third-order valence-corrected chi connectivity index (χ3v) is 19.9. The van der Waals surface area contributed by atoms with Crippen molar-refractivity contribution in [2.45, 2.75) is 425 Å². The Hall–Kier alpha value is -1.94. The van der Waals surface area contributed by atoms with Crippen LogP contribution in [0.15, 0.2) is 0 Å². The second kappa shape index (κ2) is 70.1. The van der Waals surface area contributed by atoms with E-state index in [-0.39, 0.29) is 25.7 Å². The van der Waals surface area contributed by atoms with Crippen LogP contribution in [0.2, 0.25) is 0 Å². The molecule has 0 fully saturated rings. The van der Waals surface area contributed by atoms with Crippen LogP contribution in [-0.4, -0.2) is 96.7 Å². The second-order valence-corrected chi connectivity index (χ2v) is 31.1. The van der Waals surface area contributed by atoms with Crippen molar-refractivity contribution in [1.82, 2.24) is 0 Å². The number of carbonyl (C=O) groups is 4. The first kappa shape index (κ1) is 94.1. The quantitative estimate of drug-likeness (QED) is 0.0222. The summed E-state index contributed by atoms with van der Waals surface area (Å²) in [6.07, 6.45) is 59.6. The van der Waals surface area contributed by atoms with Gasteiger partial charge < -0.3 is 33.8 Å². The van der Waals surface area contributed by atoms with Gasteiger partial charge in [0.1, 0.15) is 19.3 Å². The van der Waals surface area contributed by atoms with Gasteiger partial charge >= 0.3 is 39.5 Å². The fraction of sp³-hybridized carbons (Fsp3) is 0.948. The van der Waals surface area contributed by atoms with E-state index in [0.717, 1.165) is 95.8 Å². The highest BCUT2D eigenvalue weighted by Crippen LogP contribution is 2.45. The Morgan fingerprint density at radius 3 is 0.708 bits per heavy atom. The molecule has 570 valence electrons. The molecular formula is C77H150O17P2. The lowest BCUT2D eigenvalue weighted by atomic mass is 10.0. The number of hydrogen-bond acceptors (Lipinski definition) is 15. The van der Waals surface area contributed by atoms with Crippen LogP contribution in [0.25, 0.3) is 0 Å². The molecule has 0 radical (unpaired) electrons. The number of ether oxygens (including phenoxy) is 4. The number of aliphatic hydroxyl groups excluding tert-OH is 1. The summed E-state index contributed by atoms with van der Waals surface area (Å²) in [4.78, 5) is 72.8. The van der Waals surface area contributed by atoms with Crippen molar-refractivity contribution in [3.05, 3.63) is 0 Å². The van der Waals surface area contributed by atoms with Gasteiger partial charge in [-0.25, -0.2) is 9.13 Å². The molecule has 0 amide bonds. The molecule has 0 aromatic rings. The molecule has 0 aromatic carbocycles. The van der Waals surface area contributed by atoms with E-state index in [1.54, 1.807) is 0 Å². The maximum Gasteiger partial charge on any atom is 0.472 e. The zero-order valence-corrected chi connectivity index (χ0v) is 64.3. The van der Waals surface area contributed by atoms with E-state index >= 15 is 0 Å². The largest absolute Gasteiger partial charge is 0.472 e. The Morgan fingerprint density at radius 1 is 0.281 bits per heavy atom. The Balaban J connectivity index is 5.23. The molecule has 0 saturated heterocycles. The highest BCUT2D eigenvalue weighted by Gasteiger charge is 2.30. The SMILES string of the molecule is CCCCCCCCCCCCCCCCCCCC(=O)OC[C@H](COP(=O)(O)OC[C@@H](O)COP(=O)(O)OC[C@@H](COC(=O)CCCCCCCCCCCC)OC(=O)CCCCCCCCCCCC(C)C)OC(=O)CCCCCCCCCCCCCCCCCCC. The topological polar surface area (TPSA) is 237 Å². The van der Waals surface area contributed by atoms with Crippen molar-refractivity contribution in [2.24, 2.45) is 5.92 Å². The van der Waals surface area contributed by atoms with Crippen LogP contribution in [0.4, 0.5) is 0 Å². The monoisotopic (exact) mass is 1410 g/mol. The number of esters is 4. The van der Waals surface area contributed by atoms with E-state index in [9.17, 15) is 43.2 Å². The van der Waals surface area contributed by atoms with Crippen LogP contribution in [-0.2, 0) is 65.4 Å². The summed E-state index contributed by atoms with van der Waals surface area (Å²) in [5, 5.41) is 10.6. The molecule has 17 nitrogen and oxygen atoms in total. The normalized spacial score (nSPS) is 13.9. The van der Waals surface area contributed by atoms with Gasteiger partial charge in [0.15, 0.2) is 12.2 Å². The summed E-state index contributed by atoms with van der Waals surface area (Å²) in [6, 6.07) is 0. The highest BCUT2D eigenvalue weighted by molar-refractivity contribution is 7.47. The highest BCUT2D eigenvalue weighted by atomic mass is 31.2. The zero-order chi connectivity index (χ0) is 70.5. The Kier molecular flexibility index (Phi) is 68.7. The average molecular weight is 1410 g/mol. The van der Waals surface area contributed by atoms with Gasteiger partial charge in [-0.2, -0.15) is 0 Å². The standard InChI is InChI=1S/C77H150O17P2/c1-6-9-12-15-18-21-24-26-28-30-32-34-36-41-46-51-56-61-75(80)88-67-72(93-76(81)62-57-52-47-42-37-35-33-31-29-27-25-22-19-16-13-10-7-2)68-91-95(83,84)89-64-71(78)65-90-96(85,86)92-69-73(66-87-74(79)60-55-50-45-40-23-20-17-14-11-8-3)94-77(82)63-58-53-48-43-38-39-44-49-54-59-70(4)5/h70-73,78H,6-69H2,1-5H3,(H,83,84)(H,85,86)/t71-,72-,73-/m1/s1. The van der Waals surface area contributed by atoms with Crippen molar-refractivity contribution in [2.75, 3.05) is 39.6 Å². The van der Waals surface area contributed by atoms with Crippen LogP contribution >= 0.6 is 15.6 Å². The Labute approximate surface area is 588 Å². The summed E-state index contributed by atoms with van der Waals surface area (Å²) in [7, 11) is -9.91. The molecule has 0 aliphatic rings. The Morgan fingerprint density at radius 2 is 0.479 bits per heavy atom. The Bertz CT molecular complexity index is 1840. The van der Waals surface area contributed by atoms with E-state index < -0.39 is 97.5 Å². The summed E-state index contributed by atoms with van der Waals surface area (Å²) in [5.74, 6) is -1.38. The second-order valence-electron chi connectivity index (χ2n) is 28.2. The van der Waals surface area contributed by atoms with Crippen LogP contribution in [0.1, 0.15) is 407 Å². The van der Waals surface area contributed by atoms with Crippen molar-refractivity contribution in [1.29, 1.82) is 0 Å². The summed E-state index contributed by atoms with van der Waals surface area (Å²) >= 11 is 0. The predicted octanol–water partition coefficient (Wildman–Crippen LogP) is 22.9. The third kappa shape index (κ3) is 70.5. The first-order valence-corrected chi connectivity index (χ1v) is 43.1. The molecule has 5 atom stereocenters. The number of unbranched alkanes of at least 4 members (excludes halogenated alkanes) is 49. The van der Waals surface area contributed by atoms with Crippen LogP contribution < -0.4 is 0 Å². The van der Waals surface area contributed by atoms with E-state index in [1.165, 1.54) is 231 Å². The van der Waals surface area contributed by atoms with E-state index in [4.69, 9.17) is 37.0 Å². The molecule has 96 heavy (non-hydrogen) atoms. The molecule has 0 rings (SSSR count). The van der Waals surface area contributed by atoms with E-state index in [0.29, 0.717) is 25.7 Å². The van der Waals surface area contributed by atoms with Crippen molar-refractivity contribution >= 4 is 39.5 Å². The molecule has 19 heteroatoms. The molecule has 2 unspecified atom stereocenters. The summed E-state index contributed by atoms with van der Waals surface area (Å²) < 4.78 is 68.6. The first-order chi connectivity index (χ1) is 46.5. The predicted molar refractivity (Wildman–Crippen MR) is 391 cm³/mol. The fourth-order valence-electron chi connectivity index (χ4n) is 11.9. The lowest BCUT2D eigenvalue weighted by Crippen LogP contribution is -2.30. The van der Waals surface area contributed by atoms with Crippen molar-refractivity contribution in [3.8, 4) is 0 Å². The molecule has 0 saturated carbocycles. The molecule has 0 bridgehead atoms. The van der Waals surface area contributed by atoms with E-state index in [2.05, 4.69) is 34.6 Å². The average Bonchev–Trinajstić information content (AvgIpc) is 1.14. The molecule has 0 aromatic heterocycles. The van der Waals surface area contributed by atoms with E-state index in [1.807, 2.05) is 0 Å². The van der Waals surface area contributed by atoms with Gasteiger partial charge in [-0.15, -0.1) is 0 Å². The van der Waals surface area contributed by atoms with Crippen LogP contribution in [0.5, 0.6) is 0 Å². The van der Waals surface area contributed by atoms with Gasteiger partial charge in [-0.05, 0) is 31.6 Å². The minimum atomic E-state index is -4.96. The number of hydrogen-bond donors (Lipinski definition) is 3. The van der Waals surface area contributed by atoms with Gasteiger partial charge in [0.25, 0.3) is 0 Å². The molecular weight excluding hydrogens is 1260 g/mol. The molecule has 3 N–H and O–H groups in total. The smallest absolute Gasteiger partial charge is 0.462 e. The van der Waals surface area contributed by atoms with Gasteiger partial charge in [0.05, 0.1) is 26.4 Å². The fourth-order valence-corrected chi connectivity index (χ4v) is 13.5. The third-order valence-electron chi connectivity index (χ3n) is 18.0. The first-order valence-electron chi connectivity index (χ1n) is 40.1. The van der Waals surface area contributed by atoms with Gasteiger partial charge in [0, 0.05) is 25.7 Å². The minimum absolute atomic E-state index is 0.106. The van der Waals surface area contributed by atoms with Gasteiger partial charge in [-0.3, -0.25) is 37.3 Å². The summed E-state index contributed by atoms with van der Waals surface area (Å²) in [6.45, 7) is 7.27. The molecule has 0 spiro atoms. The lowest BCUT2D eigenvalue weighted by Gasteiger charge is -2.21. The van der Waals surface area contributed by atoms with Crippen molar-refractivity contribution < 1.29 is 80.2 Å². The van der Waals surface area contributed by atoms with Gasteiger partial charge in [0.2, 0.25) is 0 Å². The molecule has 0 heterocycles.